The third-order valence-corrected chi connectivity index (χ3v) is 1.11. The first-order valence-electron chi connectivity index (χ1n) is 3.47. The first-order chi connectivity index (χ1) is 5.91. The van der Waals surface area contributed by atoms with E-state index in [1.165, 1.54) is 6.92 Å². The van der Waals surface area contributed by atoms with Crippen molar-refractivity contribution in [3.05, 3.63) is 11.6 Å². The summed E-state index contributed by atoms with van der Waals surface area (Å²) in [7, 11) is 0. The van der Waals surface area contributed by atoms with Gasteiger partial charge in [-0.05, 0) is 6.92 Å². The van der Waals surface area contributed by atoms with Crippen LogP contribution in [0.4, 0.5) is 13.2 Å². The molecular weight excluding hydrogens is 189 g/mol. The van der Waals surface area contributed by atoms with E-state index in [-0.39, 0.29) is 12.7 Å². The SMILES string of the molecule is CCOC(=O)/C=C(/CO)C(F)(F)F. The van der Waals surface area contributed by atoms with E-state index in [0.717, 1.165) is 0 Å². The monoisotopic (exact) mass is 198 g/mol. The molecule has 0 aromatic heterocycles. The summed E-state index contributed by atoms with van der Waals surface area (Å²) in [6, 6.07) is 0. The molecule has 0 fully saturated rings. The lowest BCUT2D eigenvalue weighted by molar-refractivity contribution is -0.138. The lowest BCUT2D eigenvalue weighted by Crippen LogP contribution is -2.17. The van der Waals surface area contributed by atoms with Crippen LogP contribution >= 0.6 is 0 Å². The second-order valence-corrected chi connectivity index (χ2v) is 2.08. The van der Waals surface area contributed by atoms with Gasteiger partial charge in [0, 0.05) is 6.08 Å². The Morgan fingerprint density at radius 3 is 2.38 bits per heavy atom. The van der Waals surface area contributed by atoms with Crippen molar-refractivity contribution in [3.63, 3.8) is 0 Å². The van der Waals surface area contributed by atoms with Crippen LogP contribution in [-0.4, -0.2) is 30.5 Å². The Morgan fingerprint density at radius 2 is 2.08 bits per heavy atom. The Labute approximate surface area is 72.8 Å². The Bertz CT molecular complexity index is 208. The molecule has 0 spiro atoms. The van der Waals surface area contributed by atoms with Gasteiger partial charge in [-0.1, -0.05) is 0 Å². The summed E-state index contributed by atoms with van der Waals surface area (Å²) < 4.78 is 39.9. The van der Waals surface area contributed by atoms with Gasteiger partial charge in [0.2, 0.25) is 0 Å². The molecule has 0 aliphatic heterocycles. The maximum atomic E-state index is 11.9. The molecule has 76 valence electrons. The minimum Gasteiger partial charge on any atom is -0.463 e. The van der Waals surface area contributed by atoms with E-state index in [1.807, 2.05) is 0 Å². The van der Waals surface area contributed by atoms with Gasteiger partial charge in [-0.3, -0.25) is 0 Å². The molecule has 0 bridgehead atoms. The maximum absolute atomic E-state index is 11.9. The normalized spacial score (nSPS) is 12.8. The molecule has 0 heterocycles. The number of halogens is 3. The molecule has 0 saturated heterocycles. The maximum Gasteiger partial charge on any atom is 0.415 e. The number of alkyl halides is 3. The summed E-state index contributed by atoms with van der Waals surface area (Å²) in [5.74, 6) is -1.11. The predicted octanol–water partition coefficient (Wildman–Crippen LogP) is 1.03. The zero-order valence-corrected chi connectivity index (χ0v) is 6.89. The predicted molar refractivity (Wildman–Crippen MR) is 37.9 cm³/mol. The van der Waals surface area contributed by atoms with E-state index < -0.39 is 24.3 Å². The molecule has 3 nitrogen and oxygen atoms in total. The lowest BCUT2D eigenvalue weighted by Gasteiger charge is -2.07. The van der Waals surface area contributed by atoms with E-state index in [0.29, 0.717) is 0 Å². The fourth-order valence-electron chi connectivity index (χ4n) is 0.543. The van der Waals surface area contributed by atoms with Gasteiger partial charge in [-0.25, -0.2) is 4.79 Å². The van der Waals surface area contributed by atoms with Gasteiger partial charge in [-0.15, -0.1) is 0 Å². The average Bonchev–Trinajstić information content (AvgIpc) is 1.98. The Kier molecular flexibility index (Phi) is 4.47. The molecule has 0 amide bonds. The van der Waals surface area contributed by atoms with Crippen LogP contribution in [0.15, 0.2) is 11.6 Å². The van der Waals surface area contributed by atoms with Gasteiger partial charge < -0.3 is 9.84 Å². The van der Waals surface area contributed by atoms with Crippen LogP contribution in [0, 0.1) is 0 Å². The van der Waals surface area contributed by atoms with Crippen LogP contribution in [0.2, 0.25) is 0 Å². The number of hydrogen-bond donors (Lipinski definition) is 1. The van der Waals surface area contributed by atoms with Crippen molar-refractivity contribution in [3.8, 4) is 0 Å². The van der Waals surface area contributed by atoms with Crippen molar-refractivity contribution in [2.75, 3.05) is 13.2 Å². The highest BCUT2D eigenvalue weighted by atomic mass is 19.4. The second kappa shape index (κ2) is 4.86. The molecule has 0 saturated carbocycles. The van der Waals surface area contributed by atoms with E-state index in [9.17, 15) is 18.0 Å². The van der Waals surface area contributed by atoms with Crippen molar-refractivity contribution in [1.29, 1.82) is 0 Å². The summed E-state index contributed by atoms with van der Waals surface area (Å²) in [4.78, 5) is 10.5. The van der Waals surface area contributed by atoms with Crippen molar-refractivity contribution < 1.29 is 27.8 Å². The summed E-state index contributed by atoms with van der Waals surface area (Å²) in [6.45, 7) is 0.228. The van der Waals surface area contributed by atoms with Crippen molar-refractivity contribution in [1.82, 2.24) is 0 Å². The summed E-state index contributed by atoms with van der Waals surface area (Å²) in [5.41, 5.74) is -1.31. The highest BCUT2D eigenvalue weighted by molar-refractivity contribution is 5.83. The first kappa shape index (κ1) is 12.0. The molecule has 6 heteroatoms. The summed E-state index contributed by atoms with van der Waals surface area (Å²) >= 11 is 0. The topological polar surface area (TPSA) is 46.5 Å². The second-order valence-electron chi connectivity index (χ2n) is 2.08. The van der Waals surface area contributed by atoms with E-state index >= 15 is 0 Å². The van der Waals surface area contributed by atoms with E-state index in [4.69, 9.17) is 5.11 Å². The Morgan fingerprint density at radius 1 is 1.54 bits per heavy atom. The molecule has 0 unspecified atom stereocenters. The van der Waals surface area contributed by atoms with Gasteiger partial charge in [0.1, 0.15) is 0 Å². The number of esters is 1. The molecular formula is C7H9F3O3. The fourth-order valence-corrected chi connectivity index (χ4v) is 0.543. The average molecular weight is 198 g/mol. The van der Waals surface area contributed by atoms with Crippen LogP contribution in [0.1, 0.15) is 6.92 Å². The molecule has 0 aliphatic rings. The van der Waals surface area contributed by atoms with Gasteiger partial charge in [0.05, 0.1) is 18.8 Å². The highest BCUT2D eigenvalue weighted by Crippen LogP contribution is 2.24. The summed E-state index contributed by atoms with van der Waals surface area (Å²) in [6.07, 6.45) is -4.45. The van der Waals surface area contributed by atoms with Gasteiger partial charge in [0.25, 0.3) is 0 Å². The third-order valence-electron chi connectivity index (χ3n) is 1.11. The quantitative estimate of drug-likeness (QED) is 0.544. The van der Waals surface area contributed by atoms with Gasteiger partial charge in [-0.2, -0.15) is 13.2 Å². The number of hydrogen-bond acceptors (Lipinski definition) is 3. The highest BCUT2D eigenvalue weighted by Gasteiger charge is 2.33. The molecule has 0 rings (SSSR count). The zero-order valence-electron chi connectivity index (χ0n) is 6.89. The first-order valence-corrected chi connectivity index (χ1v) is 3.47. The molecule has 0 atom stereocenters. The number of carbonyl (C=O) groups is 1. The molecule has 0 radical (unpaired) electrons. The smallest absolute Gasteiger partial charge is 0.415 e. The van der Waals surface area contributed by atoms with Crippen molar-refractivity contribution in [2.45, 2.75) is 13.1 Å². The number of aliphatic hydroxyl groups is 1. The lowest BCUT2D eigenvalue weighted by atomic mass is 10.2. The van der Waals surface area contributed by atoms with Gasteiger partial charge in [0.15, 0.2) is 0 Å². The zero-order chi connectivity index (χ0) is 10.5. The Hall–Kier alpha value is -1.04. The van der Waals surface area contributed by atoms with E-state index in [1.54, 1.807) is 0 Å². The van der Waals surface area contributed by atoms with Crippen molar-refractivity contribution in [2.24, 2.45) is 0 Å². The van der Waals surface area contributed by atoms with E-state index in [2.05, 4.69) is 4.74 Å². The number of ether oxygens (including phenoxy) is 1. The van der Waals surface area contributed by atoms with Gasteiger partial charge >= 0.3 is 12.1 Å². The standard InChI is InChI=1S/C7H9F3O3/c1-2-13-6(12)3-5(4-11)7(8,9)10/h3,11H,2,4H2,1H3/b5-3-. The van der Waals surface area contributed by atoms with Crippen LogP contribution in [0.3, 0.4) is 0 Å². The largest absolute Gasteiger partial charge is 0.463 e. The summed E-state index contributed by atoms with van der Waals surface area (Å²) in [5, 5.41) is 8.28. The number of rotatable bonds is 3. The van der Waals surface area contributed by atoms with Crippen LogP contribution in [0.5, 0.6) is 0 Å². The molecule has 13 heavy (non-hydrogen) atoms. The third kappa shape index (κ3) is 4.51. The molecule has 0 aromatic rings. The Balaban J connectivity index is 4.48. The number of aliphatic hydroxyl groups excluding tert-OH is 1. The van der Waals surface area contributed by atoms with Crippen LogP contribution in [-0.2, 0) is 9.53 Å². The van der Waals surface area contributed by atoms with Crippen LogP contribution < -0.4 is 0 Å². The minimum absolute atomic E-state index is 0.00804. The molecule has 0 aromatic carbocycles. The van der Waals surface area contributed by atoms with Crippen LogP contribution in [0.25, 0.3) is 0 Å². The molecule has 0 aliphatic carbocycles. The number of carbonyl (C=O) groups excluding carboxylic acids is 1. The fraction of sp³-hybridized carbons (Fsp3) is 0.571. The molecule has 1 N–H and O–H groups in total. The minimum atomic E-state index is -4.69. The van der Waals surface area contributed by atoms with Crippen molar-refractivity contribution >= 4 is 5.97 Å².